The molecule has 0 saturated carbocycles. The molecule has 1 amide bonds. The van der Waals surface area contributed by atoms with E-state index in [1.54, 1.807) is 0 Å². The fraction of sp³-hybridized carbons (Fsp3) is 0.529. The molecular weight excluding hydrogens is 403 g/mol. The number of nitrogens with zero attached hydrogens (tertiary/aromatic N) is 2. The maximum atomic E-state index is 11.1. The summed E-state index contributed by atoms with van der Waals surface area (Å²) >= 11 is 0. The Morgan fingerprint density at radius 1 is 1.30 bits per heavy atom. The molecule has 5 nitrogen and oxygen atoms in total. The minimum Gasteiger partial charge on any atom is -0.357 e. The fourth-order valence-corrected chi connectivity index (χ4v) is 2.09. The van der Waals surface area contributed by atoms with Crippen LogP contribution in [0.4, 0.5) is 5.69 Å². The second-order valence-corrected chi connectivity index (χ2v) is 5.33. The summed E-state index contributed by atoms with van der Waals surface area (Å²) in [5, 5.41) is 6.11. The van der Waals surface area contributed by atoms with Crippen molar-refractivity contribution in [1.29, 1.82) is 0 Å². The van der Waals surface area contributed by atoms with Crippen LogP contribution < -0.4 is 10.6 Å². The number of anilines is 1. The Hall–Kier alpha value is -1.31. The molecule has 1 aromatic carbocycles. The lowest BCUT2D eigenvalue weighted by Crippen LogP contribution is -2.39. The predicted octanol–water partition coefficient (Wildman–Crippen LogP) is 3.46. The molecule has 0 saturated heterocycles. The Bertz CT molecular complexity index is 505. The fourth-order valence-electron chi connectivity index (χ4n) is 2.09. The largest absolute Gasteiger partial charge is 0.357 e. The lowest BCUT2D eigenvalue weighted by molar-refractivity contribution is -0.114. The topological polar surface area (TPSA) is 56.7 Å². The number of guanidine groups is 1. The monoisotopic (exact) mass is 432 g/mol. The van der Waals surface area contributed by atoms with Crippen LogP contribution >= 0.6 is 24.0 Å². The van der Waals surface area contributed by atoms with Crippen molar-refractivity contribution >= 4 is 41.5 Å². The molecule has 0 unspecified atom stereocenters. The van der Waals surface area contributed by atoms with Gasteiger partial charge < -0.3 is 15.5 Å². The molecule has 0 spiro atoms. The molecule has 0 fully saturated rings. The highest BCUT2D eigenvalue weighted by molar-refractivity contribution is 14.0. The number of benzene rings is 1. The van der Waals surface area contributed by atoms with Gasteiger partial charge in [0.05, 0.1) is 6.54 Å². The first-order valence-corrected chi connectivity index (χ1v) is 7.92. The van der Waals surface area contributed by atoms with Crippen molar-refractivity contribution in [2.45, 2.75) is 40.2 Å². The number of halogens is 1. The molecular formula is C17H29IN4O. The Labute approximate surface area is 157 Å². The molecule has 1 aromatic rings. The molecule has 1 rings (SSSR count). The van der Waals surface area contributed by atoms with E-state index in [-0.39, 0.29) is 29.9 Å². The minimum atomic E-state index is -0.0618. The SMILES string of the molecule is CCCCN(C)C(=NCc1cccc(NC(C)=O)c1)NCC.I. The van der Waals surface area contributed by atoms with E-state index in [1.165, 1.54) is 13.3 Å². The van der Waals surface area contributed by atoms with Crippen molar-refractivity contribution < 1.29 is 4.79 Å². The molecule has 23 heavy (non-hydrogen) atoms. The third-order valence-electron chi connectivity index (χ3n) is 3.20. The van der Waals surface area contributed by atoms with Crippen LogP contribution in [0.3, 0.4) is 0 Å². The normalized spacial score (nSPS) is 10.7. The van der Waals surface area contributed by atoms with Crippen LogP contribution in [0, 0.1) is 0 Å². The maximum absolute atomic E-state index is 11.1. The molecule has 6 heteroatoms. The number of unbranched alkanes of at least 4 members (excludes halogenated alkanes) is 1. The summed E-state index contributed by atoms with van der Waals surface area (Å²) in [6.07, 6.45) is 2.32. The zero-order valence-corrected chi connectivity index (χ0v) is 16.9. The second-order valence-electron chi connectivity index (χ2n) is 5.33. The number of nitrogens with one attached hydrogen (secondary N) is 2. The van der Waals surface area contributed by atoms with Crippen molar-refractivity contribution in [3.8, 4) is 0 Å². The van der Waals surface area contributed by atoms with Gasteiger partial charge in [0.15, 0.2) is 5.96 Å². The van der Waals surface area contributed by atoms with Gasteiger partial charge in [0.1, 0.15) is 0 Å². The van der Waals surface area contributed by atoms with E-state index in [1.807, 2.05) is 24.3 Å². The van der Waals surface area contributed by atoms with Gasteiger partial charge in [0, 0.05) is 32.7 Å². The molecule has 0 aliphatic heterocycles. The average Bonchev–Trinajstić information content (AvgIpc) is 2.48. The van der Waals surface area contributed by atoms with E-state index in [2.05, 4.69) is 41.4 Å². The Morgan fingerprint density at radius 2 is 2.04 bits per heavy atom. The van der Waals surface area contributed by atoms with Gasteiger partial charge in [0.25, 0.3) is 0 Å². The number of aliphatic imine (C=N–C) groups is 1. The molecule has 0 aromatic heterocycles. The highest BCUT2D eigenvalue weighted by Crippen LogP contribution is 2.11. The number of amides is 1. The van der Waals surface area contributed by atoms with Crippen LogP contribution in [0.15, 0.2) is 29.3 Å². The highest BCUT2D eigenvalue weighted by Gasteiger charge is 2.05. The first kappa shape index (κ1) is 21.7. The molecule has 2 N–H and O–H groups in total. The minimum absolute atomic E-state index is 0. The van der Waals surface area contributed by atoms with Crippen LogP contribution in [0.2, 0.25) is 0 Å². The summed E-state index contributed by atoms with van der Waals surface area (Å²) in [5.74, 6) is 0.856. The molecule has 0 heterocycles. The zero-order chi connectivity index (χ0) is 16.4. The summed E-state index contributed by atoms with van der Waals surface area (Å²) < 4.78 is 0. The van der Waals surface area contributed by atoms with Gasteiger partial charge in [-0.1, -0.05) is 25.5 Å². The van der Waals surface area contributed by atoms with E-state index in [9.17, 15) is 4.79 Å². The van der Waals surface area contributed by atoms with Crippen LogP contribution in [0.5, 0.6) is 0 Å². The lowest BCUT2D eigenvalue weighted by atomic mass is 10.2. The summed E-state index contributed by atoms with van der Waals surface area (Å²) in [4.78, 5) is 17.9. The van der Waals surface area contributed by atoms with Gasteiger partial charge in [-0.2, -0.15) is 0 Å². The van der Waals surface area contributed by atoms with Gasteiger partial charge in [-0.15, -0.1) is 24.0 Å². The summed E-state index contributed by atoms with van der Waals surface area (Å²) in [6.45, 7) is 8.20. The van der Waals surface area contributed by atoms with Crippen molar-refractivity contribution in [1.82, 2.24) is 10.2 Å². The van der Waals surface area contributed by atoms with Crippen molar-refractivity contribution in [3.05, 3.63) is 29.8 Å². The Balaban J connectivity index is 0.00000484. The van der Waals surface area contributed by atoms with Crippen molar-refractivity contribution in [3.63, 3.8) is 0 Å². The van der Waals surface area contributed by atoms with E-state index in [0.717, 1.165) is 36.7 Å². The summed E-state index contributed by atoms with van der Waals surface area (Å²) in [6, 6.07) is 7.79. The lowest BCUT2D eigenvalue weighted by Gasteiger charge is -2.21. The smallest absolute Gasteiger partial charge is 0.221 e. The maximum Gasteiger partial charge on any atom is 0.221 e. The van der Waals surface area contributed by atoms with Gasteiger partial charge in [-0.05, 0) is 31.0 Å². The molecule has 0 atom stereocenters. The zero-order valence-electron chi connectivity index (χ0n) is 14.6. The summed E-state index contributed by atoms with van der Waals surface area (Å²) in [5.41, 5.74) is 1.88. The average molecular weight is 432 g/mol. The van der Waals surface area contributed by atoms with Crippen LogP contribution in [0.1, 0.15) is 39.2 Å². The number of hydrogen-bond acceptors (Lipinski definition) is 2. The Kier molecular flexibility index (Phi) is 11.5. The van der Waals surface area contributed by atoms with Gasteiger partial charge in [-0.3, -0.25) is 4.79 Å². The van der Waals surface area contributed by atoms with Crippen molar-refractivity contribution in [2.75, 3.05) is 25.5 Å². The van der Waals surface area contributed by atoms with E-state index >= 15 is 0 Å². The van der Waals surface area contributed by atoms with E-state index in [0.29, 0.717) is 6.54 Å². The first-order valence-electron chi connectivity index (χ1n) is 7.92. The quantitative estimate of drug-likeness (QED) is 0.394. The summed E-state index contributed by atoms with van der Waals surface area (Å²) in [7, 11) is 2.06. The Morgan fingerprint density at radius 3 is 2.65 bits per heavy atom. The third-order valence-corrected chi connectivity index (χ3v) is 3.20. The molecule has 0 bridgehead atoms. The van der Waals surface area contributed by atoms with Gasteiger partial charge in [0.2, 0.25) is 5.91 Å². The van der Waals surface area contributed by atoms with E-state index in [4.69, 9.17) is 0 Å². The third kappa shape index (κ3) is 8.78. The van der Waals surface area contributed by atoms with E-state index < -0.39 is 0 Å². The number of carbonyl (C=O) groups is 1. The number of carbonyl (C=O) groups excluding carboxylic acids is 1. The van der Waals surface area contributed by atoms with Gasteiger partial charge in [-0.25, -0.2) is 4.99 Å². The molecule has 0 aliphatic rings. The van der Waals surface area contributed by atoms with Gasteiger partial charge >= 0.3 is 0 Å². The predicted molar refractivity (Wildman–Crippen MR) is 109 cm³/mol. The molecule has 0 radical (unpaired) electrons. The van der Waals surface area contributed by atoms with Crippen LogP contribution in [-0.2, 0) is 11.3 Å². The van der Waals surface area contributed by atoms with Crippen LogP contribution in [0.25, 0.3) is 0 Å². The highest BCUT2D eigenvalue weighted by atomic mass is 127. The molecule has 0 aliphatic carbocycles. The first-order chi connectivity index (χ1) is 10.6. The number of rotatable bonds is 7. The van der Waals surface area contributed by atoms with Crippen molar-refractivity contribution in [2.24, 2.45) is 4.99 Å². The van der Waals surface area contributed by atoms with Crippen LogP contribution in [-0.4, -0.2) is 36.9 Å². The number of hydrogen-bond donors (Lipinski definition) is 2. The standard InChI is InChI=1S/C17H28N4O.HI/c1-5-7-11-21(4)17(18-6-2)19-13-15-9-8-10-16(12-15)20-14(3)22;/h8-10,12H,5-7,11,13H2,1-4H3,(H,18,19)(H,20,22);1H. The molecule has 130 valence electrons. The second kappa shape index (κ2) is 12.2.